The van der Waals surface area contributed by atoms with Crippen LogP contribution in [0.25, 0.3) is 15.9 Å². The molecular formula is C24H21FN4O2S2. The Kier molecular flexibility index (Phi) is 6.15. The minimum Gasteiger partial charge on any atom is -0.368 e. The van der Waals surface area contributed by atoms with Crippen LogP contribution in [0, 0.1) is 5.82 Å². The van der Waals surface area contributed by atoms with Gasteiger partial charge in [-0.25, -0.2) is 9.37 Å². The molecule has 5 rings (SSSR count). The summed E-state index contributed by atoms with van der Waals surface area (Å²) in [5.41, 5.74) is 2.08. The molecule has 0 bridgehead atoms. The topological polar surface area (TPSA) is 58.4 Å². The molecule has 6 nitrogen and oxygen atoms in total. The zero-order valence-electron chi connectivity index (χ0n) is 17.7. The van der Waals surface area contributed by atoms with Crippen LogP contribution in [0.5, 0.6) is 0 Å². The fourth-order valence-corrected chi connectivity index (χ4v) is 5.55. The van der Waals surface area contributed by atoms with Crippen molar-refractivity contribution in [3.63, 3.8) is 0 Å². The maximum absolute atomic E-state index is 13.4. The second-order valence-corrected chi connectivity index (χ2v) is 9.50. The van der Waals surface area contributed by atoms with E-state index in [4.69, 9.17) is 0 Å². The molecule has 2 aromatic heterocycles. The van der Waals surface area contributed by atoms with Crippen LogP contribution in [-0.2, 0) is 4.79 Å². The average Bonchev–Trinajstić information content (AvgIpc) is 3.33. The Balaban J connectivity index is 1.32. The highest BCUT2D eigenvalue weighted by Crippen LogP contribution is 2.24. The summed E-state index contributed by atoms with van der Waals surface area (Å²) in [7, 11) is 0. The van der Waals surface area contributed by atoms with Crippen LogP contribution in [0.15, 0.2) is 76.0 Å². The van der Waals surface area contributed by atoms with Crippen LogP contribution in [0.3, 0.4) is 0 Å². The van der Waals surface area contributed by atoms with Gasteiger partial charge in [-0.2, -0.15) is 0 Å². The summed E-state index contributed by atoms with van der Waals surface area (Å²) >= 11 is 2.56. The van der Waals surface area contributed by atoms with Gasteiger partial charge in [0.25, 0.3) is 5.56 Å². The minimum absolute atomic E-state index is 0.0121. The van der Waals surface area contributed by atoms with E-state index in [0.29, 0.717) is 34.1 Å². The van der Waals surface area contributed by atoms with Gasteiger partial charge in [-0.15, -0.1) is 11.3 Å². The number of carbonyl (C=O) groups excluding carboxylic acids is 1. The summed E-state index contributed by atoms with van der Waals surface area (Å²) < 4.78 is 15.4. The molecule has 1 aliphatic rings. The Labute approximate surface area is 198 Å². The lowest BCUT2D eigenvalue weighted by Gasteiger charge is -2.36. The van der Waals surface area contributed by atoms with E-state index < -0.39 is 0 Å². The van der Waals surface area contributed by atoms with Gasteiger partial charge in [-0.3, -0.25) is 14.2 Å². The molecule has 9 heteroatoms. The minimum atomic E-state index is -0.379. The third-order valence-corrected chi connectivity index (χ3v) is 7.43. The number of thioether (sulfide) groups is 1. The van der Waals surface area contributed by atoms with Crippen LogP contribution in [-0.4, -0.2) is 52.3 Å². The van der Waals surface area contributed by atoms with E-state index in [0.717, 1.165) is 18.8 Å². The van der Waals surface area contributed by atoms with E-state index in [2.05, 4.69) is 22.0 Å². The summed E-state index contributed by atoms with van der Waals surface area (Å²) in [6.45, 7) is 2.85. The smallest absolute Gasteiger partial charge is 0.276 e. The summed E-state index contributed by atoms with van der Waals surface area (Å²) in [4.78, 5) is 34.8. The van der Waals surface area contributed by atoms with Crippen molar-refractivity contribution in [3.8, 4) is 5.69 Å². The molecule has 1 aliphatic heterocycles. The number of amides is 1. The molecule has 33 heavy (non-hydrogen) atoms. The molecule has 0 saturated carbocycles. The third kappa shape index (κ3) is 4.51. The van der Waals surface area contributed by atoms with Crippen molar-refractivity contribution in [2.75, 3.05) is 36.8 Å². The normalized spacial score (nSPS) is 14.1. The number of hydrogen-bond donors (Lipinski definition) is 0. The Bertz CT molecular complexity index is 1330. The Morgan fingerprint density at radius 2 is 1.70 bits per heavy atom. The van der Waals surface area contributed by atoms with Gasteiger partial charge >= 0.3 is 0 Å². The Hall–Kier alpha value is -3.17. The predicted molar refractivity (Wildman–Crippen MR) is 131 cm³/mol. The Morgan fingerprint density at radius 3 is 2.42 bits per heavy atom. The van der Waals surface area contributed by atoms with E-state index in [-0.39, 0.29) is 23.0 Å². The van der Waals surface area contributed by atoms with Gasteiger partial charge in [0, 0.05) is 31.9 Å². The maximum Gasteiger partial charge on any atom is 0.276 e. The zero-order valence-corrected chi connectivity index (χ0v) is 19.3. The standard InChI is InChI=1S/C24H21FN4O2S2/c25-17-6-8-19(9-7-17)29-23(31)22-20(10-15-32-22)26-24(29)33-16-21(30)28-13-11-27(12-14-28)18-4-2-1-3-5-18/h1-10,15H,11-14,16H2. The van der Waals surface area contributed by atoms with Crippen molar-refractivity contribution < 1.29 is 9.18 Å². The fourth-order valence-electron chi connectivity index (χ4n) is 3.88. The van der Waals surface area contributed by atoms with Gasteiger partial charge in [0.15, 0.2) is 5.16 Å². The van der Waals surface area contributed by atoms with Crippen LogP contribution >= 0.6 is 23.1 Å². The van der Waals surface area contributed by atoms with Crippen molar-refractivity contribution in [2.24, 2.45) is 0 Å². The molecule has 2 aromatic carbocycles. The molecule has 1 fully saturated rings. The van der Waals surface area contributed by atoms with Crippen molar-refractivity contribution in [2.45, 2.75) is 5.16 Å². The van der Waals surface area contributed by atoms with Gasteiger partial charge in [-0.1, -0.05) is 30.0 Å². The lowest BCUT2D eigenvalue weighted by Crippen LogP contribution is -2.49. The Morgan fingerprint density at radius 1 is 0.970 bits per heavy atom. The van der Waals surface area contributed by atoms with E-state index in [1.54, 1.807) is 18.2 Å². The molecular weight excluding hydrogens is 459 g/mol. The van der Waals surface area contributed by atoms with E-state index in [9.17, 15) is 14.0 Å². The highest BCUT2D eigenvalue weighted by atomic mass is 32.2. The number of piperazine rings is 1. The largest absolute Gasteiger partial charge is 0.368 e. The quantitative estimate of drug-likeness (QED) is 0.319. The number of benzene rings is 2. The second-order valence-electron chi connectivity index (χ2n) is 7.64. The van der Waals surface area contributed by atoms with Crippen LogP contribution < -0.4 is 10.5 Å². The van der Waals surface area contributed by atoms with Gasteiger partial charge in [0.1, 0.15) is 10.5 Å². The summed E-state index contributed by atoms with van der Waals surface area (Å²) in [5.74, 6) is -0.191. The number of hydrogen-bond acceptors (Lipinski definition) is 6. The summed E-state index contributed by atoms with van der Waals surface area (Å²) in [5, 5.41) is 2.24. The molecule has 0 aliphatic carbocycles. The highest BCUT2D eigenvalue weighted by Gasteiger charge is 2.22. The molecule has 3 heterocycles. The van der Waals surface area contributed by atoms with Crippen LogP contribution in [0.1, 0.15) is 0 Å². The van der Waals surface area contributed by atoms with Gasteiger partial charge < -0.3 is 9.80 Å². The zero-order chi connectivity index (χ0) is 22.8. The average molecular weight is 481 g/mol. The number of rotatable bonds is 5. The molecule has 168 valence electrons. The molecule has 1 saturated heterocycles. The monoisotopic (exact) mass is 480 g/mol. The van der Waals surface area contributed by atoms with E-state index in [1.807, 2.05) is 28.5 Å². The lowest BCUT2D eigenvalue weighted by atomic mass is 10.2. The van der Waals surface area contributed by atoms with Crippen molar-refractivity contribution in [3.05, 3.63) is 82.2 Å². The number of fused-ring (bicyclic) bond motifs is 1. The molecule has 1 amide bonds. The highest BCUT2D eigenvalue weighted by molar-refractivity contribution is 7.99. The number of halogens is 1. The van der Waals surface area contributed by atoms with Gasteiger partial charge in [-0.05, 0) is 47.8 Å². The third-order valence-electron chi connectivity index (χ3n) is 5.61. The first kappa shape index (κ1) is 21.7. The molecule has 0 spiro atoms. The first-order chi connectivity index (χ1) is 16.1. The first-order valence-electron chi connectivity index (χ1n) is 10.6. The number of thiophene rings is 1. The van der Waals surface area contributed by atoms with Crippen LogP contribution in [0.2, 0.25) is 0 Å². The van der Waals surface area contributed by atoms with E-state index >= 15 is 0 Å². The lowest BCUT2D eigenvalue weighted by molar-refractivity contribution is -0.128. The number of carbonyl (C=O) groups is 1. The number of anilines is 1. The van der Waals surface area contributed by atoms with Crippen molar-refractivity contribution in [1.29, 1.82) is 0 Å². The number of aromatic nitrogens is 2. The predicted octanol–water partition coefficient (Wildman–Crippen LogP) is 4.03. The summed E-state index contributed by atoms with van der Waals surface area (Å²) in [6.07, 6.45) is 0. The molecule has 4 aromatic rings. The van der Waals surface area contributed by atoms with Crippen molar-refractivity contribution >= 4 is 44.9 Å². The first-order valence-corrected chi connectivity index (χ1v) is 12.4. The number of nitrogens with zero attached hydrogens (tertiary/aromatic N) is 4. The SMILES string of the molecule is O=C(CSc1nc2ccsc2c(=O)n1-c1ccc(F)cc1)N1CCN(c2ccccc2)CC1. The van der Waals surface area contributed by atoms with Crippen LogP contribution in [0.4, 0.5) is 10.1 Å². The summed E-state index contributed by atoms with van der Waals surface area (Å²) in [6, 6.07) is 17.7. The molecule has 0 unspecified atom stereocenters. The molecule has 0 N–H and O–H groups in total. The van der Waals surface area contributed by atoms with Gasteiger partial charge in [0.2, 0.25) is 5.91 Å². The van der Waals surface area contributed by atoms with E-state index in [1.165, 1.54) is 39.8 Å². The van der Waals surface area contributed by atoms with Crippen molar-refractivity contribution in [1.82, 2.24) is 14.5 Å². The number of para-hydroxylation sites is 1. The maximum atomic E-state index is 13.4. The fraction of sp³-hybridized carbons (Fsp3) is 0.208. The second kappa shape index (κ2) is 9.36. The molecule has 0 atom stereocenters. The molecule has 0 radical (unpaired) electrons. The van der Waals surface area contributed by atoms with Gasteiger partial charge in [0.05, 0.1) is 17.0 Å².